The standard InChI is InChI=1S/C53H34N2O2/c1-3-14-36(15-4-1)46-34-47(55-52(54-46)37-16-5-2-6-17-37)39-19-13-18-38(32-39)35-26-28-40(29-27-35)53(44-22-9-7-20-42(44)43-21-8-10-23-45(43)53)41-30-31-50-51(33-41)57-49-25-12-11-24-48(49)56-50/h1-34H. The molecule has 0 atom stereocenters. The second-order valence-electron chi connectivity index (χ2n) is 14.5. The van der Waals surface area contributed by atoms with Gasteiger partial charge in [-0.2, -0.15) is 0 Å². The van der Waals surface area contributed by atoms with Gasteiger partial charge in [-0.05, 0) is 80.9 Å². The van der Waals surface area contributed by atoms with E-state index in [1.807, 2.05) is 66.7 Å². The lowest BCUT2D eigenvalue weighted by atomic mass is 9.67. The summed E-state index contributed by atoms with van der Waals surface area (Å²) in [7, 11) is 0. The maximum atomic E-state index is 6.49. The smallest absolute Gasteiger partial charge is 0.170 e. The molecule has 0 spiro atoms. The highest BCUT2D eigenvalue weighted by Gasteiger charge is 2.46. The third-order valence-corrected chi connectivity index (χ3v) is 11.3. The van der Waals surface area contributed by atoms with Gasteiger partial charge in [0.15, 0.2) is 28.8 Å². The first-order valence-corrected chi connectivity index (χ1v) is 19.2. The van der Waals surface area contributed by atoms with E-state index in [2.05, 4.69) is 140 Å². The van der Waals surface area contributed by atoms with E-state index in [9.17, 15) is 0 Å². The number of ether oxygens (including phenoxy) is 2. The van der Waals surface area contributed by atoms with Crippen molar-refractivity contribution in [2.75, 3.05) is 0 Å². The largest absolute Gasteiger partial charge is 0.450 e. The zero-order valence-corrected chi connectivity index (χ0v) is 30.8. The average molecular weight is 731 g/mol. The highest BCUT2D eigenvalue weighted by atomic mass is 16.6. The van der Waals surface area contributed by atoms with E-state index >= 15 is 0 Å². The third-order valence-electron chi connectivity index (χ3n) is 11.3. The molecule has 268 valence electrons. The molecule has 8 aromatic carbocycles. The number of para-hydroxylation sites is 2. The third kappa shape index (κ3) is 5.45. The van der Waals surface area contributed by atoms with Gasteiger partial charge in [0.25, 0.3) is 0 Å². The first kappa shape index (κ1) is 32.8. The van der Waals surface area contributed by atoms with E-state index in [-0.39, 0.29) is 0 Å². The lowest BCUT2D eigenvalue weighted by Crippen LogP contribution is -2.28. The lowest BCUT2D eigenvalue weighted by Gasteiger charge is -2.34. The maximum absolute atomic E-state index is 6.49. The molecule has 1 aromatic heterocycles. The van der Waals surface area contributed by atoms with Crippen LogP contribution in [-0.4, -0.2) is 9.97 Å². The Kier molecular flexibility index (Phi) is 7.68. The average Bonchev–Trinajstić information content (AvgIpc) is 3.60. The number of fused-ring (bicyclic) bond motifs is 5. The van der Waals surface area contributed by atoms with Crippen LogP contribution in [0.2, 0.25) is 0 Å². The Morgan fingerprint density at radius 2 is 0.825 bits per heavy atom. The van der Waals surface area contributed by atoms with Gasteiger partial charge in [0.05, 0.1) is 16.8 Å². The van der Waals surface area contributed by atoms with Crippen molar-refractivity contribution in [1.29, 1.82) is 0 Å². The summed E-state index contributed by atoms with van der Waals surface area (Å²) in [5.41, 5.74) is 13.7. The topological polar surface area (TPSA) is 44.2 Å². The van der Waals surface area contributed by atoms with Crippen LogP contribution in [0.1, 0.15) is 22.3 Å². The van der Waals surface area contributed by atoms with Gasteiger partial charge in [0.1, 0.15) is 0 Å². The van der Waals surface area contributed by atoms with Crippen LogP contribution >= 0.6 is 0 Å². The fraction of sp³-hybridized carbons (Fsp3) is 0.0189. The normalized spacial score (nSPS) is 13.0. The summed E-state index contributed by atoms with van der Waals surface area (Å²) < 4.78 is 12.8. The van der Waals surface area contributed by atoms with Crippen LogP contribution in [0.3, 0.4) is 0 Å². The fourth-order valence-corrected chi connectivity index (χ4v) is 8.62. The Morgan fingerprint density at radius 3 is 1.51 bits per heavy atom. The molecule has 0 unspecified atom stereocenters. The molecule has 4 nitrogen and oxygen atoms in total. The molecule has 1 aliphatic heterocycles. The summed E-state index contributed by atoms with van der Waals surface area (Å²) in [6, 6.07) is 72.1. The zero-order valence-electron chi connectivity index (χ0n) is 30.8. The molecule has 2 aliphatic rings. The molecule has 57 heavy (non-hydrogen) atoms. The Morgan fingerprint density at radius 1 is 0.316 bits per heavy atom. The second kappa shape index (κ2) is 13.3. The van der Waals surface area contributed by atoms with E-state index in [0.29, 0.717) is 23.1 Å². The quantitative estimate of drug-likeness (QED) is 0.171. The summed E-state index contributed by atoms with van der Waals surface area (Å²) in [5.74, 6) is 3.54. The van der Waals surface area contributed by atoms with Crippen molar-refractivity contribution in [3.05, 3.63) is 229 Å². The van der Waals surface area contributed by atoms with Crippen LogP contribution in [0.15, 0.2) is 206 Å². The van der Waals surface area contributed by atoms with E-state index < -0.39 is 5.41 Å². The molecule has 0 saturated heterocycles. The van der Waals surface area contributed by atoms with Gasteiger partial charge in [-0.15, -0.1) is 0 Å². The minimum Gasteiger partial charge on any atom is -0.450 e. The van der Waals surface area contributed by atoms with Gasteiger partial charge in [0.2, 0.25) is 0 Å². The molecule has 0 amide bonds. The van der Waals surface area contributed by atoms with Gasteiger partial charge in [-0.25, -0.2) is 9.97 Å². The minimum absolute atomic E-state index is 0.592. The van der Waals surface area contributed by atoms with E-state index in [0.717, 1.165) is 50.5 Å². The summed E-state index contributed by atoms with van der Waals surface area (Å²) in [5, 5.41) is 0. The molecular weight excluding hydrogens is 697 g/mol. The van der Waals surface area contributed by atoms with Crippen molar-refractivity contribution in [3.63, 3.8) is 0 Å². The second-order valence-corrected chi connectivity index (χ2v) is 14.5. The van der Waals surface area contributed by atoms with E-state index in [1.165, 1.54) is 27.8 Å². The highest BCUT2D eigenvalue weighted by Crippen LogP contribution is 2.57. The van der Waals surface area contributed by atoms with E-state index in [4.69, 9.17) is 19.4 Å². The number of rotatable bonds is 6. The lowest BCUT2D eigenvalue weighted by molar-refractivity contribution is 0.359. The van der Waals surface area contributed by atoms with Crippen LogP contribution in [0.4, 0.5) is 0 Å². The van der Waals surface area contributed by atoms with Gasteiger partial charge >= 0.3 is 0 Å². The van der Waals surface area contributed by atoms with Crippen molar-refractivity contribution in [2.24, 2.45) is 0 Å². The molecule has 1 aliphatic carbocycles. The predicted molar refractivity (Wildman–Crippen MR) is 228 cm³/mol. The molecule has 2 heterocycles. The molecule has 0 fully saturated rings. The predicted octanol–water partition coefficient (Wildman–Crippen LogP) is 13.4. The van der Waals surface area contributed by atoms with Gasteiger partial charge in [-0.1, -0.05) is 170 Å². The highest BCUT2D eigenvalue weighted by molar-refractivity contribution is 5.87. The Bertz CT molecular complexity index is 2850. The minimum atomic E-state index is -0.592. The van der Waals surface area contributed by atoms with Crippen LogP contribution in [-0.2, 0) is 5.41 Å². The Hall–Kier alpha value is -7.56. The number of benzene rings is 8. The fourth-order valence-electron chi connectivity index (χ4n) is 8.62. The van der Waals surface area contributed by atoms with Crippen LogP contribution in [0, 0.1) is 0 Å². The summed E-state index contributed by atoms with van der Waals surface area (Å²) in [4.78, 5) is 10.1. The number of aromatic nitrogens is 2. The number of hydrogen-bond acceptors (Lipinski definition) is 4. The van der Waals surface area contributed by atoms with Crippen molar-refractivity contribution in [3.8, 4) is 79.2 Å². The molecule has 9 aromatic rings. The summed E-state index contributed by atoms with van der Waals surface area (Å²) in [6.45, 7) is 0. The first-order valence-electron chi connectivity index (χ1n) is 19.2. The molecule has 4 heteroatoms. The monoisotopic (exact) mass is 730 g/mol. The maximum Gasteiger partial charge on any atom is 0.170 e. The van der Waals surface area contributed by atoms with Gasteiger partial charge in [-0.3, -0.25) is 0 Å². The summed E-state index contributed by atoms with van der Waals surface area (Å²) >= 11 is 0. The van der Waals surface area contributed by atoms with Crippen molar-refractivity contribution < 1.29 is 9.47 Å². The molecular formula is C53H34N2O2. The SMILES string of the molecule is c1ccc(-c2cc(-c3cccc(-c4ccc(C5(c6ccc7c(c6)Oc6ccccc6O7)c6ccccc6-c6ccccc65)cc4)c3)nc(-c3ccccc3)n2)cc1. The molecule has 11 rings (SSSR count). The van der Waals surface area contributed by atoms with Crippen LogP contribution < -0.4 is 9.47 Å². The van der Waals surface area contributed by atoms with E-state index in [1.54, 1.807) is 0 Å². The Balaban J connectivity index is 1.03. The van der Waals surface area contributed by atoms with Crippen LogP contribution in [0.5, 0.6) is 23.0 Å². The number of nitrogens with zero attached hydrogens (tertiary/aromatic N) is 2. The number of hydrogen-bond donors (Lipinski definition) is 0. The van der Waals surface area contributed by atoms with Gasteiger partial charge < -0.3 is 9.47 Å². The zero-order chi connectivity index (χ0) is 37.8. The van der Waals surface area contributed by atoms with Crippen molar-refractivity contribution in [1.82, 2.24) is 9.97 Å². The summed E-state index contributed by atoms with van der Waals surface area (Å²) in [6.07, 6.45) is 0. The van der Waals surface area contributed by atoms with Crippen LogP contribution in [0.25, 0.3) is 56.2 Å². The molecule has 0 N–H and O–H groups in total. The van der Waals surface area contributed by atoms with Crippen molar-refractivity contribution in [2.45, 2.75) is 5.41 Å². The molecule has 0 bridgehead atoms. The van der Waals surface area contributed by atoms with Crippen molar-refractivity contribution >= 4 is 0 Å². The molecule has 0 radical (unpaired) electrons. The first-order chi connectivity index (χ1) is 28.2. The Labute approximate surface area is 331 Å². The van der Waals surface area contributed by atoms with Gasteiger partial charge in [0, 0.05) is 16.7 Å². The molecule has 0 saturated carbocycles.